The van der Waals surface area contributed by atoms with Gasteiger partial charge in [0.2, 0.25) is 0 Å². The van der Waals surface area contributed by atoms with Crippen molar-refractivity contribution in [3.8, 4) is 5.75 Å². The maximum Gasteiger partial charge on any atom is 0.491 e. The Morgan fingerprint density at radius 1 is 1.32 bits per heavy atom. The molecule has 1 aromatic carbocycles. The van der Waals surface area contributed by atoms with E-state index in [0.29, 0.717) is 23.9 Å². The molecular formula is C29H38BFO7. The molecule has 0 unspecified atom stereocenters. The summed E-state index contributed by atoms with van der Waals surface area (Å²) in [6.07, 6.45) is 3.57. The number of Topliss-reactive ketones (excluding diaryl/α,β-unsaturated/α-hetero) is 1. The van der Waals surface area contributed by atoms with Crippen LogP contribution >= 0.6 is 0 Å². The molecule has 5 rings (SSSR count). The zero-order valence-electron chi connectivity index (χ0n) is 22.7. The molecule has 0 spiro atoms. The van der Waals surface area contributed by atoms with Crippen molar-refractivity contribution < 1.29 is 38.2 Å². The molecule has 0 radical (unpaired) electrons. The van der Waals surface area contributed by atoms with Gasteiger partial charge in [0.1, 0.15) is 11.9 Å². The number of halogens is 1. The zero-order valence-corrected chi connectivity index (χ0v) is 22.7. The molecule has 0 saturated heterocycles. The molecule has 2 bridgehead atoms. The lowest BCUT2D eigenvalue weighted by Crippen LogP contribution is -2.63. The van der Waals surface area contributed by atoms with E-state index in [4.69, 9.17) is 14.1 Å². The molecule has 1 aliphatic heterocycles. The molecule has 0 amide bonds. The molecule has 0 aromatic heterocycles. The molecule has 38 heavy (non-hydrogen) atoms. The van der Waals surface area contributed by atoms with Crippen LogP contribution in [0.4, 0.5) is 4.39 Å². The summed E-state index contributed by atoms with van der Waals surface area (Å²) < 4.78 is 31.4. The third kappa shape index (κ3) is 3.96. The van der Waals surface area contributed by atoms with Crippen LogP contribution in [0.15, 0.2) is 24.8 Å². The van der Waals surface area contributed by atoms with E-state index in [1.807, 2.05) is 6.92 Å². The van der Waals surface area contributed by atoms with Gasteiger partial charge in [-0.05, 0) is 66.1 Å². The topological polar surface area (TPSA) is 102 Å². The fraction of sp³-hybridized carbons (Fsp3) is 0.655. The second-order valence-electron chi connectivity index (χ2n) is 12.5. The van der Waals surface area contributed by atoms with Gasteiger partial charge in [0.05, 0.1) is 12.7 Å². The highest BCUT2D eigenvalue weighted by atomic mass is 19.1. The van der Waals surface area contributed by atoms with E-state index in [9.17, 15) is 24.1 Å². The first-order chi connectivity index (χ1) is 17.9. The second kappa shape index (κ2) is 9.45. The van der Waals surface area contributed by atoms with Gasteiger partial charge in [-0.2, -0.15) is 0 Å². The molecule has 3 saturated carbocycles. The van der Waals surface area contributed by atoms with Crippen LogP contribution in [0.25, 0.3) is 0 Å². The average Bonchev–Trinajstić information content (AvgIpc) is 3.43. The van der Waals surface area contributed by atoms with Gasteiger partial charge in [0.15, 0.2) is 18.2 Å². The van der Waals surface area contributed by atoms with Crippen LogP contribution in [-0.4, -0.2) is 47.8 Å². The van der Waals surface area contributed by atoms with Gasteiger partial charge in [-0.15, -0.1) is 6.58 Å². The van der Waals surface area contributed by atoms with Gasteiger partial charge in [-0.25, -0.2) is 9.18 Å². The lowest BCUT2D eigenvalue weighted by Gasteiger charge is -2.61. The number of fused-ring (bicyclic) bond motifs is 1. The minimum absolute atomic E-state index is 0.110. The molecule has 7 nitrogen and oxygen atoms in total. The normalized spacial score (nSPS) is 40.1. The molecule has 1 heterocycles. The number of aliphatic hydroxyl groups is 1. The number of hydrogen-bond acceptors (Lipinski definition) is 7. The van der Waals surface area contributed by atoms with Crippen LogP contribution in [0.2, 0.25) is 0 Å². The minimum Gasteiger partial charge on any atom is -0.479 e. The number of benzene rings is 1. The predicted octanol–water partition coefficient (Wildman–Crippen LogP) is 3.33. The number of rotatable bonds is 5. The summed E-state index contributed by atoms with van der Waals surface area (Å²) in [5.74, 6) is -1.65. The number of hydrogen-bond donors (Lipinski definition) is 2. The Kier molecular flexibility index (Phi) is 6.80. The number of carbonyl (C=O) groups is 2. The summed E-state index contributed by atoms with van der Waals surface area (Å²) in [5, 5.41) is 21.4. The van der Waals surface area contributed by atoms with E-state index in [0.717, 1.165) is 25.3 Å². The summed E-state index contributed by atoms with van der Waals surface area (Å²) in [4.78, 5) is 26.7. The summed E-state index contributed by atoms with van der Waals surface area (Å²) in [6.45, 7) is 11.8. The van der Waals surface area contributed by atoms with Crippen molar-refractivity contribution in [2.24, 2.45) is 34.0 Å². The quantitative estimate of drug-likeness (QED) is 0.344. The summed E-state index contributed by atoms with van der Waals surface area (Å²) >= 11 is 0. The Labute approximate surface area is 223 Å². The smallest absolute Gasteiger partial charge is 0.479 e. The van der Waals surface area contributed by atoms with Crippen molar-refractivity contribution in [3.05, 3.63) is 36.2 Å². The monoisotopic (exact) mass is 528 g/mol. The number of aliphatic hydroxyl groups excluding tert-OH is 1. The summed E-state index contributed by atoms with van der Waals surface area (Å²) in [6, 6.07) is 2.57. The van der Waals surface area contributed by atoms with Gasteiger partial charge in [-0.1, -0.05) is 33.8 Å². The van der Waals surface area contributed by atoms with Crippen molar-refractivity contribution in [2.75, 3.05) is 6.61 Å². The zero-order chi connectivity index (χ0) is 27.6. The Bertz CT molecular complexity index is 1160. The SMILES string of the molecule is C=C[C@]1(C)C[C@@H](OC(=O)COc2cc3c(cc2F)B(O)OC3)[C@@]2(C)[C@@H]3C(=O)CC[C@@]3(CC[C@@H]2C)[C@@H](C)[C@@H]1O. The van der Waals surface area contributed by atoms with Gasteiger partial charge in [0, 0.05) is 23.2 Å². The molecule has 4 aliphatic rings. The highest BCUT2D eigenvalue weighted by Crippen LogP contribution is 2.68. The van der Waals surface area contributed by atoms with E-state index in [-0.39, 0.29) is 41.3 Å². The standard InChI is InChI=1S/C29H38BFO7/c1-6-27(4)13-23(38-24(33)15-36-22-11-18-14-37-30(35)19(18)12-20(22)31)28(5)16(2)7-9-29(17(3)26(27)34)10-8-21(32)25(28)29/h6,11-12,16-17,23,25-26,34-35H,1,7-10,13-15H2,2-5H3/t16-,17-,23+,25-,26-,27+,28-,29-/m0/s1. The van der Waals surface area contributed by atoms with Crippen molar-refractivity contribution in [1.82, 2.24) is 0 Å². The van der Waals surface area contributed by atoms with E-state index in [1.54, 1.807) is 6.08 Å². The molecule has 9 heteroatoms. The Balaban J connectivity index is 1.44. The number of ketones is 1. The molecule has 3 aliphatic carbocycles. The van der Waals surface area contributed by atoms with Crippen LogP contribution in [0.3, 0.4) is 0 Å². The first-order valence-corrected chi connectivity index (χ1v) is 13.7. The third-order valence-corrected chi connectivity index (χ3v) is 10.8. The molecule has 1 aromatic rings. The number of ether oxygens (including phenoxy) is 2. The van der Waals surface area contributed by atoms with E-state index < -0.39 is 48.5 Å². The minimum atomic E-state index is -1.18. The van der Waals surface area contributed by atoms with E-state index in [1.165, 1.54) is 6.07 Å². The highest BCUT2D eigenvalue weighted by Gasteiger charge is 2.68. The Morgan fingerprint density at radius 3 is 2.76 bits per heavy atom. The van der Waals surface area contributed by atoms with E-state index in [2.05, 4.69) is 27.4 Å². The van der Waals surface area contributed by atoms with Gasteiger partial charge < -0.3 is 24.3 Å². The number of carbonyl (C=O) groups excluding carboxylic acids is 2. The van der Waals surface area contributed by atoms with Gasteiger partial charge in [-0.3, -0.25) is 4.79 Å². The molecule has 3 fully saturated rings. The second-order valence-corrected chi connectivity index (χ2v) is 12.5. The van der Waals surface area contributed by atoms with Crippen LogP contribution < -0.4 is 10.2 Å². The first-order valence-electron chi connectivity index (χ1n) is 13.7. The molecular weight excluding hydrogens is 490 g/mol. The predicted molar refractivity (Wildman–Crippen MR) is 139 cm³/mol. The average molecular weight is 528 g/mol. The van der Waals surface area contributed by atoms with Crippen molar-refractivity contribution >= 4 is 24.3 Å². The van der Waals surface area contributed by atoms with Crippen molar-refractivity contribution in [1.29, 1.82) is 0 Å². The summed E-state index contributed by atoms with van der Waals surface area (Å²) in [5.41, 5.74) is -0.796. The van der Waals surface area contributed by atoms with Crippen LogP contribution in [0.5, 0.6) is 5.75 Å². The van der Waals surface area contributed by atoms with Crippen molar-refractivity contribution in [3.63, 3.8) is 0 Å². The fourth-order valence-corrected chi connectivity index (χ4v) is 8.17. The lowest BCUT2D eigenvalue weighted by atomic mass is 9.44. The summed E-state index contributed by atoms with van der Waals surface area (Å²) in [7, 11) is -1.18. The lowest BCUT2D eigenvalue weighted by molar-refractivity contribution is -0.207. The molecule has 206 valence electrons. The third-order valence-electron chi connectivity index (χ3n) is 10.8. The fourth-order valence-electron chi connectivity index (χ4n) is 8.17. The van der Waals surface area contributed by atoms with Crippen molar-refractivity contribution in [2.45, 2.75) is 78.6 Å². The van der Waals surface area contributed by atoms with Crippen LogP contribution in [-0.2, 0) is 25.6 Å². The maximum absolute atomic E-state index is 14.6. The largest absolute Gasteiger partial charge is 0.491 e. The maximum atomic E-state index is 14.6. The Hall–Kier alpha value is -2.23. The van der Waals surface area contributed by atoms with E-state index >= 15 is 0 Å². The Morgan fingerprint density at radius 2 is 2.05 bits per heavy atom. The van der Waals surface area contributed by atoms with Gasteiger partial charge >= 0.3 is 13.1 Å². The number of esters is 1. The molecule has 8 atom stereocenters. The molecule has 2 N–H and O–H groups in total. The van der Waals surface area contributed by atoms with Crippen LogP contribution in [0, 0.1) is 39.8 Å². The van der Waals surface area contributed by atoms with Gasteiger partial charge in [0.25, 0.3) is 0 Å². The first kappa shape index (κ1) is 27.3. The highest BCUT2D eigenvalue weighted by molar-refractivity contribution is 6.61. The van der Waals surface area contributed by atoms with Crippen LogP contribution in [0.1, 0.15) is 65.4 Å².